The van der Waals surface area contributed by atoms with Crippen LogP contribution in [-0.2, 0) is 9.53 Å². The molecule has 2 atom stereocenters. The molecule has 0 aliphatic heterocycles. The predicted octanol–water partition coefficient (Wildman–Crippen LogP) is 2.99. The number of hydrogen-bond donors (Lipinski definition) is 1. The summed E-state index contributed by atoms with van der Waals surface area (Å²) in [6.07, 6.45) is 0. The number of urea groups is 1. The van der Waals surface area contributed by atoms with E-state index in [1.54, 1.807) is 27.0 Å². The predicted molar refractivity (Wildman–Crippen MR) is 82.2 cm³/mol. The van der Waals surface area contributed by atoms with E-state index >= 15 is 0 Å². The van der Waals surface area contributed by atoms with Crippen molar-refractivity contribution in [2.24, 2.45) is 5.92 Å². The third-order valence-corrected chi connectivity index (χ3v) is 3.60. The first-order valence-electron chi connectivity index (χ1n) is 6.81. The summed E-state index contributed by atoms with van der Waals surface area (Å²) in [4.78, 5) is 24.8. The van der Waals surface area contributed by atoms with E-state index in [1.807, 2.05) is 0 Å². The summed E-state index contributed by atoms with van der Waals surface area (Å²) in [5, 5.41) is 2.90. The van der Waals surface area contributed by atoms with Gasteiger partial charge in [-0.1, -0.05) is 24.6 Å². The molecule has 1 aromatic carbocycles. The van der Waals surface area contributed by atoms with Crippen LogP contribution in [0.5, 0.6) is 0 Å². The molecule has 0 radical (unpaired) electrons. The van der Waals surface area contributed by atoms with Crippen molar-refractivity contribution in [2.75, 3.05) is 20.7 Å². The Bertz CT molecular complexity index is 533. The fraction of sp³-hybridized carbons (Fsp3) is 0.467. The molecule has 0 fully saturated rings. The van der Waals surface area contributed by atoms with E-state index in [1.165, 1.54) is 24.1 Å². The fourth-order valence-electron chi connectivity index (χ4n) is 2.06. The second-order valence-corrected chi connectivity index (χ2v) is 5.52. The Balaban J connectivity index is 2.70. The summed E-state index contributed by atoms with van der Waals surface area (Å²) in [6, 6.07) is 3.32. The van der Waals surface area contributed by atoms with Gasteiger partial charge in [0.05, 0.1) is 19.1 Å². The topological polar surface area (TPSA) is 58.6 Å². The van der Waals surface area contributed by atoms with E-state index in [2.05, 4.69) is 10.1 Å². The minimum Gasteiger partial charge on any atom is -0.469 e. The van der Waals surface area contributed by atoms with Gasteiger partial charge in [-0.15, -0.1) is 0 Å². The molecule has 22 heavy (non-hydrogen) atoms. The van der Waals surface area contributed by atoms with Crippen molar-refractivity contribution < 1.29 is 18.7 Å². The maximum atomic E-state index is 13.8. The molecule has 0 aromatic heterocycles. The minimum atomic E-state index is -0.600. The lowest BCUT2D eigenvalue weighted by atomic mass is 10.1. The summed E-state index contributed by atoms with van der Waals surface area (Å²) < 4.78 is 18.4. The number of ether oxygens (including phenoxy) is 1. The van der Waals surface area contributed by atoms with Gasteiger partial charge in [0.1, 0.15) is 5.82 Å². The van der Waals surface area contributed by atoms with Crippen LogP contribution in [0.4, 0.5) is 9.18 Å². The van der Waals surface area contributed by atoms with E-state index < -0.39 is 29.8 Å². The van der Waals surface area contributed by atoms with Crippen molar-refractivity contribution in [3.8, 4) is 0 Å². The summed E-state index contributed by atoms with van der Waals surface area (Å²) >= 11 is 5.97. The monoisotopic (exact) mass is 330 g/mol. The lowest BCUT2D eigenvalue weighted by Gasteiger charge is -2.24. The molecule has 1 N–H and O–H groups in total. The quantitative estimate of drug-likeness (QED) is 0.844. The number of hydrogen-bond acceptors (Lipinski definition) is 3. The van der Waals surface area contributed by atoms with E-state index in [0.29, 0.717) is 0 Å². The Hall–Kier alpha value is -1.82. The Labute approximate surface area is 134 Å². The summed E-state index contributed by atoms with van der Waals surface area (Å²) in [7, 11) is 2.84. The molecule has 122 valence electrons. The second-order valence-electron chi connectivity index (χ2n) is 5.11. The van der Waals surface area contributed by atoms with Crippen molar-refractivity contribution in [3.05, 3.63) is 34.6 Å². The van der Waals surface area contributed by atoms with Gasteiger partial charge in [-0.05, 0) is 19.1 Å². The zero-order chi connectivity index (χ0) is 16.9. The van der Waals surface area contributed by atoms with Crippen LogP contribution in [0.3, 0.4) is 0 Å². The van der Waals surface area contributed by atoms with Crippen LogP contribution in [0.1, 0.15) is 25.5 Å². The minimum absolute atomic E-state index is 0.191. The first-order chi connectivity index (χ1) is 10.3. The van der Waals surface area contributed by atoms with Gasteiger partial charge in [-0.2, -0.15) is 0 Å². The van der Waals surface area contributed by atoms with Gasteiger partial charge in [0.25, 0.3) is 0 Å². The highest BCUT2D eigenvalue weighted by Gasteiger charge is 2.22. The van der Waals surface area contributed by atoms with Crippen LogP contribution < -0.4 is 5.32 Å². The van der Waals surface area contributed by atoms with Crippen molar-refractivity contribution in [3.63, 3.8) is 0 Å². The molecule has 7 heteroatoms. The highest BCUT2D eigenvalue weighted by Crippen LogP contribution is 2.25. The average Bonchev–Trinajstić information content (AvgIpc) is 2.45. The molecule has 0 unspecified atom stereocenters. The van der Waals surface area contributed by atoms with Gasteiger partial charge in [0.15, 0.2) is 0 Å². The molecule has 1 aromatic rings. The number of benzene rings is 1. The summed E-state index contributed by atoms with van der Waals surface area (Å²) in [5.41, 5.74) is 0.229. The number of carbonyl (C=O) groups is 2. The summed E-state index contributed by atoms with van der Waals surface area (Å²) in [6.45, 7) is 3.49. The number of rotatable bonds is 5. The Morgan fingerprint density at radius 1 is 1.41 bits per heavy atom. The number of halogens is 2. The standard InChI is InChI=1S/C15H20ClFN2O3/c1-9(14(20)22-4)8-19(3)15(21)18-10(2)13-11(16)6-5-7-12(13)17/h5-7,9-10H,8H2,1-4H3,(H,18,21)/t9-,10+/m1/s1. The Morgan fingerprint density at radius 3 is 2.59 bits per heavy atom. The maximum absolute atomic E-state index is 13.8. The average molecular weight is 331 g/mol. The largest absolute Gasteiger partial charge is 0.469 e. The zero-order valence-electron chi connectivity index (χ0n) is 13.0. The van der Waals surface area contributed by atoms with Crippen LogP contribution in [0.15, 0.2) is 18.2 Å². The van der Waals surface area contributed by atoms with Gasteiger partial charge < -0.3 is 15.0 Å². The van der Waals surface area contributed by atoms with E-state index in [9.17, 15) is 14.0 Å². The van der Waals surface area contributed by atoms with Crippen molar-refractivity contribution in [1.82, 2.24) is 10.2 Å². The first-order valence-corrected chi connectivity index (χ1v) is 7.19. The van der Waals surface area contributed by atoms with Gasteiger partial charge in [0, 0.05) is 24.2 Å². The number of carbonyl (C=O) groups excluding carboxylic acids is 2. The lowest BCUT2D eigenvalue weighted by molar-refractivity contribution is -0.145. The molecule has 0 heterocycles. The SMILES string of the molecule is COC(=O)[C@H](C)CN(C)C(=O)N[C@@H](C)c1c(F)cccc1Cl. The van der Waals surface area contributed by atoms with Gasteiger partial charge in [-0.3, -0.25) is 4.79 Å². The molecular weight excluding hydrogens is 311 g/mol. The molecule has 0 aliphatic carbocycles. The Kier molecular flexibility index (Phi) is 6.61. The molecule has 0 spiro atoms. The summed E-state index contributed by atoms with van der Waals surface area (Å²) in [5.74, 6) is -1.33. The molecule has 0 bridgehead atoms. The van der Waals surface area contributed by atoms with E-state index in [4.69, 9.17) is 11.6 Å². The van der Waals surface area contributed by atoms with E-state index in [0.717, 1.165) is 0 Å². The highest BCUT2D eigenvalue weighted by molar-refractivity contribution is 6.31. The molecule has 5 nitrogen and oxygen atoms in total. The normalized spacial score (nSPS) is 13.2. The van der Waals surface area contributed by atoms with Crippen molar-refractivity contribution in [1.29, 1.82) is 0 Å². The molecule has 1 rings (SSSR count). The number of nitrogens with one attached hydrogen (secondary N) is 1. The van der Waals surface area contributed by atoms with Gasteiger partial charge in [-0.25, -0.2) is 9.18 Å². The Morgan fingerprint density at radius 2 is 2.05 bits per heavy atom. The third-order valence-electron chi connectivity index (χ3n) is 3.27. The van der Waals surface area contributed by atoms with Crippen molar-refractivity contribution >= 4 is 23.6 Å². The number of amides is 2. The zero-order valence-corrected chi connectivity index (χ0v) is 13.8. The van der Waals surface area contributed by atoms with E-state index in [-0.39, 0.29) is 17.1 Å². The fourth-order valence-corrected chi connectivity index (χ4v) is 2.39. The van der Waals surface area contributed by atoms with Gasteiger partial charge >= 0.3 is 12.0 Å². The molecule has 0 saturated carbocycles. The molecule has 0 aliphatic rings. The third kappa shape index (κ3) is 4.59. The first kappa shape index (κ1) is 18.2. The number of nitrogens with zero attached hydrogens (tertiary/aromatic N) is 1. The maximum Gasteiger partial charge on any atom is 0.317 e. The smallest absolute Gasteiger partial charge is 0.317 e. The van der Waals surface area contributed by atoms with Crippen LogP contribution in [-0.4, -0.2) is 37.6 Å². The highest BCUT2D eigenvalue weighted by atomic mass is 35.5. The van der Waals surface area contributed by atoms with Crippen LogP contribution in [0.25, 0.3) is 0 Å². The van der Waals surface area contributed by atoms with Crippen LogP contribution in [0.2, 0.25) is 5.02 Å². The number of methoxy groups -OCH3 is 1. The van der Waals surface area contributed by atoms with Crippen LogP contribution >= 0.6 is 11.6 Å². The number of esters is 1. The second kappa shape index (κ2) is 7.98. The molecule has 2 amide bonds. The van der Waals surface area contributed by atoms with Gasteiger partial charge in [0.2, 0.25) is 0 Å². The molecular formula is C15H20ClFN2O3. The van der Waals surface area contributed by atoms with Crippen molar-refractivity contribution in [2.45, 2.75) is 19.9 Å². The lowest BCUT2D eigenvalue weighted by Crippen LogP contribution is -2.42. The molecule has 0 saturated heterocycles. The van der Waals surface area contributed by atoms with Crippen LogP contribution in [0, 0.1) is 11.7 Å².